The van der Waals surface area contributed by atoms with Crippen molar-refractivity contribution in [1.82, 2.24) is 5.32 Å². The van der Waals surface area contributed by atoms with Crippen molar-refractivity contribution in [3.63, 3.8) is 0 Å². The van der Waals surface area contributed by atoms with E-state index in [2.05, 4.69) is 37.9 Å². The van der Waals surface area contributed by atoms with Gasteiger partial charge in [-0.05, 0) is 37.6 Å². The fourth-order valence-corrected chi connectivity index (χ4v) is 2.10. The van der Waals surface area contributed by atoms with Crippen molar-refractivity contribution in [2.45, 2.75) is 33.7 Å². The number of nitrogens with one attached hydrogen (secondary N) is 1. The standard InChI is InChI=1S/C15H25FN2/c1-5-17-15(12(3)4)11-18(6-2)14-9-7-8-13(16)10-14/h7-10,12,15,17H,5-6,11H2,1-4H3. The van der Waals surface area contributed by atoms with Crippen LogP contribution in [0.5, 0.6) is 0 Å². The molecule has 0 aromatic heterocycles. The van der Waals surface area contributed by atoms with Gasteiger partial charge < -0.3 is 10.2 Å². The van der Waals surface area contributed by atoms with Gasteiger partial charge >= 0.3 is 0 Å². The highest BCUT2D eigenvalue weighted by atomic mass is 19.1. The lowest BCUT2D eigenvalue weighted by Crippen LogP contribution is -2.44. The number of likely N-dealkylation sites (N-methyl/N-ethyl adjacent to an activating group) is 2. The van der Waals surface area contributed by atoms with Gasteiger partial charge in [-0.25, -0.2) is 4.39 Å². The Morgan fingerprint density at radius 2 is 2.00 bits per heavy atom. The van der Waals surface area contributed by atoms with Crippen LogP contribution in [-0.2, 0) is 0 Å². The normalized spacial score (nSPS) is 12.8. The molecule has 102 valence electrons. The lowest BCUT2D eigenvalue weighted by atomic mass is 10.0. The summed E-state index contributed by atoms with van der Waals surface area (Å²) < 4.78 is 13.3. The van der Waals surface area contributed by atoms with E-state index < -0.39 is 0 Å². The molecular formula is C15H25FN2. The van der Waals surface area contributed by atoms with Crippen LogP contribution in [0, 0.1) is 11.7 Å². The van der Waals surface area contributed by atoms with Crippen molar-refractivity contribution < 1.29 is 4.39 Å². The highest BCUT2D eigenvalue weighted by molar-refractivity contribution is 5.46. The number of hydrogen-bond acceptors (Lipinski definition) is 2. The molecule has 0 radical (unpaired) electrons. The van der Waals surface area contributed by atoms with Crippen LogP contribution in [0.15, 0.2) is 24.3 Å². The zero-order chi connectivity index (χ0) is 13.5. The van der Waals surface area contributed by atoms with E-state index in [1.54, 1.807) is 12.1 Å². The Balaban J connectivity index is 2.77. The van der Waals surface area contributed by atoms with Gasteiger partial charge in [-0.1, -0.05) is 26.8 Å². The topological polar surface area (TPSA) is 15.3 Å². The van der Waals surface area contributed by atoms with E-state index in [1.165, 1.54) is 6.07 Å². The van der Waals surface area contributed by atoms with Crippen LogP contribution in [0.2, 0.25) is 0 Å². The van der Waals surface area contributed by atoms with Crippen LogP contribution in [0.4, 0.5) is 10.1 Å². The van der Waals surface area contributed by atoms with Gasteiger partial charge in [0.25, 0.3) is 0 Å². The number of halogens is 1. The molecule has 0 saturated heterocycles. The molecule has 0 bridgehead atoms. The second-order valence-electron chi connectivity index (χ2n) is 4.93. The van der Waals surface area contributed by atoms with Gasteiger partial charge in [0.05, 0.1) is 0 Å². The van der Waals surface area contributed by atoms with Crippen molar-refractivity contribution in [1.29, 1.82) is 0 Å². The molecule has 1 aromatic rings. The second kappa shape index (κ2) is 7.37. The van der Waals surface area contributed by atoms with E-state index in [0.717, 1.165) is 25.3 Å². The minimum atomic E-state index is -0.171. The SMILES string of the molecule is CCNC(CN(CC)c1cccc(F)c1)C(C)C. The summed E-state index contributed by atoms with van der Waals surface area (Å²) in [7, 11) is 0. The summed E-state index contributed by atoms with van der Waals surface area (Å²) in [6.45, 7) is 11.4. The van der Waals surface area contributed by atoms with E-state index in [0.29, 0.717) is 12.0 Å². The summed E-state index contributed by atoms with van der Waals surface area (Å²) in [5.74, 6) is 0.392. The van der Waals surface area contributed by atoms with E-state index in [-0.39, 0.29) is 5.82 Å². The predicted octanol–water partition coefficient (Wildman–Crippen LogP) is 3.29. The maximum absolute atomic E-state index is 13.3. The van der Waals surface area contributed by atoms with Crippen LogP contribution in [-0.4, -0.2) is 25.7 Å². The van der Waals surface area contributed by atoms with E-state index in [4.69, 9.17) is 0 Å². The number of anilines is 1. The lowest BCUT2D eigenvalue weighted by Gasteiger charge is -2.31. The summed E-state index contributed by atoms with van der Waals surface area (Å²) in [4.78, 5) is 2.22. The minimum absolute atomic E-state index is 0.171. The predicted molar refractivity (Wildman–Crippen MR) is 76.6 cm³/mol. The first-order valence-electron chi connectivity index (χ1n) is 6.82. The summed E-state index contributed by atoms with van der Waals surface area (Å²) in [6, 6.07) is 7.26. The van der Waals surface area contributed by atoms with Crippen LogP contribution < -0.4 is 10.2 Å². The Morgan fingerprint density at radius 1 is 1.28 bits per heavy atom. The Bertz CT molecular complexity index is 352. The average molecular weight is 252 g/mol. The molecule has 0 aliphatic rings. The third kappa shape index (κ3) is 4.30. The largest absolute Gasteiger partial charge is 0.370 e. The van der Waals surface area contributed by atoms with E-state index >= 15 is 0 Å². The maximum Gasteiger partial charge on any atom is 0.125 e. The molecule has 1 atom stereocenters. The quantitative estimate of drug-likeness (QED) is 0.801. The van der Waals surface area contributed by atoms with Gasteiger partial charge in [-0.3, -0.25) is 0 Å². The molecule has 0 heterocycles. The highest BCUT2D eigenvalue weighted by Gasteiger charge is 2.16. The van der Waals surface area contributed by atoms with Crippen molar-refractivity contribution in [2.75, 3.05) is 24.5 Å². The molecule has 0 aliphatic carbocycles. The number of rotatable bonds is 7. The van der Waals surface area contributed by atoms with Crippen molar-refractivity contribution in [2.24, 2.45) is 5.92 Å². The average Bonchev–Trinajstić information content (AvgIpc) is 2.34. The van der Waals surface area contributed by atoms with Gasteiger partial charge in [-0.2, -0.15) is 0 Å². The summed E-state index contributed by atoms with van der Waals surface area (Å²) in [5.41, 5.74) is 0.959. The summed E-state index contributed by atoms with van der Waals surface area (Å²) >= 11 is 0. The van der Waals surface area contributed by atoms with Gasteiger partial charge in [-0.15, -0.1) is 0 Å². The first-order valence-corrected chi connectivity index (χ1v) is 6.82. The molecule has 3 heteroatoms. The van der Waals surface area contributed by atoms with Crippen molar-refractivity contribution >= 4 is 5.69 Å². The molecule has 18 heavy (non-hydrogen) atoms. The molecule has 1 rings (SSSR count). The lowest BCUT2D eigenvalue weighted by molar-refractivity contribution is 0.406. The van der Waals surface area contributed by atoms with Gasteiger partial charge in [0.2, 0.25) is 0 Å². The van der Waals surface area contributed by atoms with Crippen LogP contribution in [0.3, 0.4) is 0 Å². The maximum atomic E-state index is 13.3. The smallest absolute Gasteiger partial charge is 0.125 e. The van der Waals surface area contributed by atoms with E-state index in [1.807, 2.05) is 6.07 Å². The first kappa shape index (κ1) is 15.0. The third-order valence-corrected chi connectivity index (χ3v) is 3.24. The second-order valence-corrected chi connectivity index (χ2v) is 4.93. The highest BCUT2D eigenvalue weighted by Crippen LogP contribution is 2.17. The fraction of sp³-hybridized carbons (Fsp3) is 0.600. The molecule has 1 unspecified atom stereocenters. The molecule has 1 N–H and O–H groups in total. The first-order chi connectivity index (χ1) is 8.58. The number of hydrogen-bond donors (Lipinski definition) is 1. The van der Waals surface area contributed by atoms with E-state index in [9.17, 15) is 4.39 Å². The Hall–Kier alpha value is -1.09. The molecule has 0 aliphatic heterocycles. The molecule has 0 saturated carbocycles. The van der Waals surface area contributed by atoms with Gasteiger partial charge in [0, 0.05) is 24.8 Å². The van der Waals surface area contributed by atoms with Crippen LogP contribution in [0.1, 0.15) is 27.7 Å². The fourth-order valence-electron chi connectivity index (χ4n) is 2.10. The van der Waals surface area contributed by atoms with Crippen molar-refractivity contribution in [3.8, 4) is 0 Å². The van der Waals surface area contributed by atoms with Crippen LogP contribution in [0.25, 0.3) is 0 Å². The molecule has 0 fully saturated rings. The van der Waals surface area contributed by atoms with Gasteiger partial charge in [0.15, 0.2) is 0 Å². The Morgan fingerprint density at radius 3 is 2.50 bits per heavy atom. The Kier molecular flexibility index (Phi) is 6.13. The number of benzene rings is 1. The Labute approximate surface area is 110 Å². The zero-order valence-electron chi connectivity index (χ0n) is 11.9. The van der Waals surface area contributed by atoms with Crippen molar-refractivity contribution in [3.05, 3.63) is 30.1 Å². The summed E-state index contributed by atoms with van der Waals surface area (Å²) in [6.07, 6.45) is 0. The summed E-state index contributed by atoms with van der Waals surface area (Å²) in [5, 5.41) is 3.50. The molecule has 0 spiro atoms. The monoisotopic (exact) mass is 252 g/mol. The minimum Gasteiger partial charge on any atom is -0.370 e. The molecule has 2 nitrogen and oxygen atoms in total. The van der Waals surface area contributed by atoms with Gasteiger partial charge in [0.1, 0.15) is 5.82 Å². The molecular weight excluding hydrogens is 227 g/mol. The van der Waals surface area contributed by atoms with Crippen LogP contribution >= 0.6 is 0 Å². The molecule has 0 amide bonds. The molecule has 1 aromatic carbocycles. The zero-order valence-corrected chi connectivity index (χ0v) is 11.9. The third-order valence-electron chi connectivity index (χ3n) is 3.24. The number of nitrogens with zero attached hydrogens (tertiary/aromatic N) is 1.